The fourth-order valence-electron chi connectivity index (χ4n) is 2.12. The molecule has 1 aliphatic rings. The number of fused-ring (bicyclic) bond motifs is 1. The Bertz CT molecular complexity index is 755. The van der Waals surface area contributed by atoms with Crippen molar-refractivity contribution in [2.45, 2.75) is 19.0 Å². The molecule has 11 heteroatoms. The quantitative estimate of drug-likeness (QED) is 0.315. The average molecular weight is 394 g/mol. The van der Waals surface area contributed by atoms with E-state index in [9.17, 15) is 17.6 Å². The zero-order chi connectivity index (χ0) is 19.9. The van der Waals surface area contributed by atoms with Crippen LogP contribution in [0.3, 0.4) is 0 Å². The van der Waals surface area contributed by atoms with Crippen molar-refractivity contribution in [1.29, 1.82) is 0 Å². The number of nitrogens with two attached hydrogens (primary N) is 3. The maximum absolute atomic E-state index is 13.8. The highest BCUT2D eigenvalue weighted by Gasteiger charge is 2.24. The summed E-state index contributed by atoms with van der Waals surface area (Å²) in [5, 5.41) is 0.147. The Balaban J connectivity index is 0.000000487. The van der Waals surface area contributed by atoms with Crippen LogP contribution in [0.2, 0.25) is 5.02 Å². The molecule has 2 rings (SSSR count). The van der Waals surface area contributed by atoms with Crippen molar-refractivity contribution in [3.8, 4) is 0 Å². The van der Waals surface area contributed by atoms with Crippen LogP contribution in [0.4, 0.5) is 17.6 Å². The number of hydrogen-bond donors (Lipinski definition) is 3. The Labute approximate surface area is 151 Å². The van der Waals surface area contributed by atoms with E-state index in [4.69, 9.17) is 33.6 Å². The predicted octanol–water partition coefficient (Wildman–Crippen LogP) is 2.14. The van der Waals surface area contributed by atoms with Crippen molar-refractivity contribution in [3.63, 3.8) is 0 Å². The van der Waals surface area contributed by atoms with Gasteiger partial charge in [-0.25, -0.2) is 4.39 Å². The molecule has 0 unspecified atom stereocenters. The van der Waals surface area contributed by atoms with Crippen molar-refractivity contribution in [2.75, 3.05) is 6.54 Å². The summed E-state index contributed by atoms with van der Waals surface area (Å²) in [6.07, 6.45) is -2.55. The second kappa shape index (κ2) is 9.18. The Kier molecular flexibility index (Phi) is 7.56. The molecular formula is C15H16ClF4N5O. The third kappa shape index (κ3) is 6.71. The topological polar surface area (TPSA) is 120 Å². The summed E-state index contributed by atoms with van der Waals surface area (Å²) >= 11 is 5.76. The molecule has 6 nitrogen and oxygen atoms in total. The molecule has 6 N–H and O–H groups in total. The first-order chi connectivity index (χ1) is 12.0. The number of rotatable bonds is 3. The standard InChI is InChI=1S/C13H15ClFN5.C2HF3O/c14-10-4-3-8-7(1-2-9(8)11(10)15)5-6-19-13(18)20-12(16)17;3-2(4,5)1-6/h1,3-4H,2,5-6H2,(H6,16,17,18,19,20);1H. The largest absolute Gasteiger partial charge is 0.446 e. The third-order valence-corrected chi connectivity index (χ3v) is 3.42. The number of aliphatic imine (C=N–C) groups is 2. The number of benzene rings is 1. The highest BCUT2D eigenvalue weighted by molar-refractivity contribution is 6.30. The van der Waals surface area contributed by atoms with Crippen molar-refractivity contribution in [3.05, 3.63) is 40.2 Å². The molecule has 1 aromatic rings. The zero-order valence-corrected chi connectivity index (χ0v) is 14.1. The SMILES string of the molecule is NC(N)=NC(N)=NCCC1=CCc2c1ccc(Cl)c2F.O=CC(F)(F)F. The molecule has 0 atom stereocenters. The van der Waals surface area contributed by atoms with Crippen molar-refractivity contribution < 1.29 is 22.4 Å². The lowest BCUT2D eigenvalue weighted by Gasteiger charge is -2.06. The Morgan fingerprint density at radius 2 is 1.88 bits per heavy atom. The van der Waals surface area contributed by atoms with Crippen LogP contribution < -0.4 is 17.2 Å². The number of aldehydes is 1. The average Bonchev–Trinajstić information content (AvgIpc) is 2.94. The van der Waals surface area contributed by atoms with Gasteiger partial charge in [-0.3, -0.25) is 9.79 Å². The van der Waals surface area contributed by atoms with E-state index in [-0.39, 0.29) is 22.8 Å². The van der Waals surface area contributed by atoms with Gasteiger partial charge in [-0.05, 0) is 30.0 Å². The van der Waals surface area contributed by atoms with E-state index in [1.165, 1.54) is 0 Å². The van der Waals surface area contributed by atoms with Crippen LogP contribution in [0.1, 0.15) is 17.5 Å². The minimum absolute atomic E-state index is 0.0334. The molecular weight excluding hydrogens is 378 g/mol. The monoisotopic (exact) mass is 393 g/mol. The molecule has 1 aliphatic carbocycles. The van der Waals surface area contributed by atoms with Crippen molar-refractivity contribution in [2.24, 2.45) is 27.2 Å². The number of alkyl halides is 3. The van der Waals surface area contributed by atoms with Gasteiger partial charge in [0.25, 0.3) is 0 Å². The molecule has 142 valence electrons. The van der Waals surface area contributed by atoms with Gasteiger partial charge in [0, 0.05) is 12.1 Å². The molecule has 26 heavy (non-hydrogen) atoms. The van der Waals surface area contributed by atoms with E-state index in [1.807, 2.05) is 12.1 Å². The van der Waals surface area contributed by atoms with Crippen LogP contribution >= 0.6 is 11.6 Å². The van der Waals surface area contributed by atoms with Gasteiger partial charge in [0.15, 0.2) is 5.96 Å². The first kappa shape index (κ1) is 21.4. The second-order valence-corrected chi connectivity index (χ2v) is 5.41. The maximum Gasteiger partial charge on any atom is 0.446 e. The molecule has 0 amide bonds. The van der Waals surface area contributed by atoms with Gasteiger partial charge in [0.1, 0.15) is 5.82 Å². The fraction of sp³-hybridized carbons (Fsp3) is 0.267. The van der Waals surface area contributed by atoms with Crippen LogP contribution in [0.25, 0.3) is 5.57 Å². The Hall–Kier alpha value is -2.62. The minimum Gasteiger partial charge on any atom is -0.370 e. The van der Waals surface area contributed by atoms with Crippen LogP contribution in [-0.2, 0) is 11.2 Å². The van der Waals surface area contributed by atoms with Crippen LogP contribution in [0.15, 0.2) is 28.2 Å². The number of hydrogen-bond acceptors (Lipinski definition) is 2. The Morgan fingerprint density at radius 1 is 1.27 bits per heavy atom. The number of carbonyl (C=O) groups excluding carboxylic acids is 1. The lowest BCUT2D eigenvalue weighted by molar-refractivity contribution is -0.156. The van der Waals surface area contributed by atoms with Crippen LogP contribution in [0, 0.1) is 5.82 Å². The maximum atomic E-state index is 13.8. The number of carbonyl (C=O) groups is 1. The molecule has 0 saturated heterocycles. The van der Waals surface area contributed by atoms with Gasteiger partial charge in [0.05, 0.1) is 5.02 Å². The molecule has 0 heterocycles. The lowest BCUT2D eigenvalue weighted by Crippen LogP contribution is -2.26. The summed E-state index contributed by atoms with van der Waals surface area (Å²) in [6, 6.07) is 3.38. The van der Waals surface area contributed by atoms with E-state index in [1.54, 1.807) is 6.07 Å². The predicted molar refractivity (Wildman–Crippen MR) is 92.1 cm³/mol. The number of halogens is 5. The van der Waals surface area contributed by atoms with Crippen molar-refractivity contribution in [1.82, 2.24) is 0 Å². The minimum atomic E-state index is -4.64. The fourth-order valence-corrected chi connectivity index (χ4v) is 2.30. The van der Waals surface area contributed by atoms with Gasteiger partial charge in [-0.15, -0.1) is 0 Å². The van der Waals surface area contributed by atoms with Crippen LogP contribution in [0.5, 0.6) is 0 Å². The summed E-state index contributed by atoms with van der Waals surface area (Å²) in [5.41, 5.74) is 18.4. The molecule has 0 bridgehead atoms. The molecule has 0 saturated carbocycles. The molecule has 0 aliphatic heterocycles. The van der Waals surface area contributed by atoms with Gasteiger partial charge >= 0.3 is 6.18 Å². The van der Waals surface area contributed by atoms with Gasteiger partial charge in [-0.1, -0.05) is 23.7 Å². The van der Waals surface area contributed by atoms with Gasteiger partial charge in [0.2, 0.25) is 12.2 Å². The highest BCUT2D eigenvalue weighted by Crippen LogP contribution is 2.34. The molecule has 0 radical (unpaired) electrons. The van der Waals surface area contributed by atoms with Crippen LogP contribution in [-0.4, -0.2) is 30.9 Å². The second-order valence-electron chi connectivity index (χ2n) is 5.01. The third-order valence-electron chi connectivity index (χ3n) is 3.13. The van der Waals surface area contributed by atoms with E-state index < -0.39 is 12.5 Å². The normalized spacial score (nSPS) is 13.3. The summed E-state index contributed by atoms with van der Waals surface area (Å²) in [7, 11) is 0. The van der Waals surface area contributed by atoms with E-state index in [0.29, 0.717) is 24.9 Å². The van der Waals surface area contributed by atoms with E-state index >= 15 is 0 Å². The summed E-state index contributed by atoms with van der Waals surface area (Å²) in [4.78, 5) is 16.3. The number of allylic oxidation sites excluding steroid dienone is 1. The number of guanidine groups is 2. The smallest absolute Gasteiger partial charge is 0.370 e. The zero-order valence-electron chi connectivity index (χ0n) is 13.4. The summed E-state index contributed by atoms with van der Waals surface area (Å²) in [5.74, 6) is -0.446. The van der Waals surface area contributed by atoms with Crippen molar-refractivity contribution >= 4 is 35.4 Å². The van der Waals surface area contributed by atoms with E-state index in [0.717, 1.165) is 11.1 Å². The molecule has 0 fully saturated rings. The summed E-state index contributed by atoms with van der Waals surface area (Å²) < 4.78 is 45.1. The highest BCUT2D eigenvalue weighted by atomic mass is 35.5. The first-order valence-electron chi connectivity index (χ1n) is 7.14. The van der Waals surface area contributed by atoms with Gasteiger partial charge in [-0.2, -0.15) is 18.2 Å². The summed E-state index contributed by atoms with van der Waals surface area (Å²) in [6.45, 7) is 0.429. The molecule has 0 aromatic heterocycles. The lowest BCUT2D eigenvalue weighted by atomic mass is 10.0. The van der Waals surface area contributed by atoms with Gasteiger partial charge < -0.3 is 17.2 Å². The number of nitrogens with zero attached hydrogens (tertiary/aromatic N) is 2. The Morgan fingerprint density at radius 3 is 2.42 bits per heavy atom. The molecule has 1 aromatic carbocycles. The first-order valence-corrected chi connectivity index (χ1v) is 7.52. The van der Waals surface area contributed by atoms with E-state index in [2.05, 4.69) is 9.98 Å². The molecule has 0 spiro atoms.